The first-order chi connectivity index (χ1) is 15.3. The summed E-state index contributed by atoms with van der Waals surface area (Å²) < 4.78 is 28.3. The molecule has 7 nitrogen and oxygen atoms in total. The van der Waals surface area contributed by atoms with E-state index in [-0.39, 0.29) is 22.8 Å². The molecule has 168 valence electrons. The van der Waals surface area contributed by atoms with E-state index in [9.17, 15) is 18.0 Å². The van der Waals surface area contributed by atoms with Crippen LogP contribution < -0.4 is 10.6 Å². The van der Waals surface area contributed by atoms with Crippen molar-refractivity contribution in [3.63, 3.8) is 0 Å². The average Bonchev–Trinajstić information content (AvgIpc) is 3.11. The Morgan fingerprint density at radius 3 is 2.34 bits per heavy atom. The fraction of sp³-hybridized carbons (Fsp3) is 0.273. The molecule has 2 amide bonds. The van der Waals surface area contributed by atoms with Crippen LogP contribution in [0.5, 0.6) is 0 Å². The lowest BCUT2D eigenvalue weighted by molar-refractivity contribution is -0.114. The number of nitrogens with zero attached hydrogens (tertiary/aromatic N) is 1. The summed E-state index contributed by atoms with van der Waals surface area (Å²) in [6.07, 6.45) is 1.02. The second-order valence-electron chi connectivity index (χ2n) is 7.60. The summed E-state index contributed by atoms with van der Waals surface area (Å²) in [7, 11) is -3.65. The summed E-state index contributed by atoms with van der Waals surface area (Å²) in [6.45, 7) is 2.00. The van der Waals surface area contributed by atoms with Crippen molar-refractivity contribution in [2.45, 2.75) is 30.7 Å². The lowest BCUT2D eigenvalue weighted by atomic mass is 10.1. The third kappa shape index (κ3) is 4.66. The number of hydrogen-bond donors (Lipinski definition) is 2. The molecule has 1 aliphatic heterocycles. The zero-order valence-electron chi connectivity index (χ0n) is 17.3. The highest BCUT2D eigenvalue weighted by Crippen LogP contribution is 2.35. The number of benzene rings is 2. The maximum absolute atomic E-state index is 13.0. The maximum atomic E-state index is 13.0. The Morgan fingerprint density at radius 2 is 1.72 bits per heavy atom. The van der Waals surface area contributed by atoms with Gasteiger partial charge in [0, 0.05) is 41.8 Å². The Bertz CT molecular complexity index is 1260. The van der Waals surface area contributed by atoms with Gasteiger partial charge in [0.1, 0.15) is 4.88 Å². The number of sulfonamides is 1. The monoisotopic (exact) mass is 491 g/mol. The van der Waals surface area contributed by atoms with Gasteiger partial charge in [0.25, 0.3) is 5.91 Å². The molecule has 2 aromatic carbocycles. The quantitative estimate of drug-likeness (QED) is 0.561. The second kappa shape index (κ2) is 9.19. The van der Waals surface area contributed by atoms with Gasteiger partial charge in [-0.15, -0.1) is 11.3 Å². The van der Waals surface area contributed by atoms with Crippen LogP contribution in [0, 0.1) is 0 Å². The third-order valence-electron chi connectivity index (χ3n) is 5.34. The van der Waals surface area contributed by atoms with Crippen molar-refractivity contribution in [1.29, 1.82) is 0 Å². The summed E-state index contributed by atoms with van der Waals surface area (Å²) in [4.78, 5) is 24.5. The fourth-order valence-corrected chi connectivity index (χ4v) is 6.60. The van der Waals surface area contributed by atoms with Crippen molar-refractivity contribution in [2.24, 2.45) is 0 Å². The van der Waals surface area contributed by atoms with Crippen molar-refractivity contribution in [1.82, 2.24) is 9.62 Å². The third-order valence-corrected chi connectivity index (χ3v) is 8.93. The van der Waals surface area contributed by atoms with Crippen LogP contribution in [0.1, 0.15) is 29.4 Å². The molecular weight excluding hydrogens is 470 g/mol. The minimum atomic E-state index is -3.65. The smallest absolute Gasteiger partial charge is 0.263 e. The molecule has 4 rings (SSSR count). The molecule has 1 saturated heterocycles. The average molecular weight is 492 g/mol. The molecule has 0 spiro atoms. The van der Waals surface area contributed by atoms with Crippen molar-refractivity contribution in [2.75, 3.05) is 18.4 Å². The van der Waals surface area contributed by atoms with E-state index in [1.807, 2.05) is 24.3 Å². The minimum absolute atomic E-state index is 0.127. The molecular formula is C22H22ClN3O4S2. The van der Waals surface area contributed by atoms with Crippen LogP contribution in [0.4, 0.5) is 5.69 Å². The molecule has 0 saturated carbocycles. The number of thiophene rings is 1. The normalized spacial score (nSPS) is 15.6. The first kappa shape index (κ1) is 22.7. The van der Waals surface area contributed by atoms with Crippen molar-refractivity contribution in [3.8, 4) is 0 Å². The van der Waals surface area contributed by atoms with E-state index in [0.717, 1.165) is 10.1 Å². The Labute approximate surface area is 195 Å². The fourth-order valence-electron chi connectivity index (χ4n) is 3.71. The molecule has 32 heavy (non-hydrogen) atoms. The van der Waals surface area contributed by atoms with Gasteiger partial charge in [-0.25, -0.2) is 8.42 Å². The molecule has 0 atom stereocenters. The van der Waals surface area contributed by atoms with Crippen LogP contribution in [-0.4, -0.2) is 43.7 Å². The Kier molecular flexibility index (Phi) is 6.52. The van der Waals surface area contributed by atoms with E-state index >= 15 is 0 Å². The van der Waals surface area contributed by atoms with Gasteiger partial charge in [0.2, 0.25) is 15.9 Å². The molecule has 2 N–H and O–H groups in total. The number of halogens is 1. The van der Waals surface area contributed by atoms with Gasteiger partial charge < -0.3 is 10.6 Å². The molecule has 10 heteroatoms. The second-order valence-corrected chi connectivity index (χ2v) is 11.0. The summed E-state index contributed by atoms with van der Waals surface area (Å²) in [5.41, 5.74) is 0.540. The minimum Gasteiger partial charge on any atom is -0.348 e. The van der Waals surface area contributed by atoms with E-state index in [1.54, 1.807) is 12.1 Å². The highest BCUT2D eigenvalue weighted by atomic mass is 35.5. The SMILES string of the molecule is CC(=O)Nc1ccc(S(=O)(=O)N2CCC(NC(=O)c3sc4ccccc4c3Cl)CC2)cc1. The van der Waals surface area contributed by atoms with Gasteiger partial charge >= 0.3 is 0 Å². The maximum Gasteiger partial charge on any atom is 0.263 e. The topological polar surface area (TPSA) is 95.6 Å². The van der Waals surface area contributed by atoms with Crippen LogP contribution in [0.25, 0.3) is 10.1 Å². The lowest BCUT2D eigenvalue weighted by Gasteiger charge is -2.31. The van der Waals surface area contributed by atoms with Crippen molar-refractivity contribution >= 4 is 60.5 Å². The standard InChI is InChI=1S/C22H22ClN3O4S2/c1-14(27)24-15-6-8-17(9-7-15)32(29,30)26-12-10-16(11-13-26)25-22(28)21-20(23)18-4-2-3-5-19(18)31-21/h2-9,16H,10-13H2,1H3,(H,24,27)(H,25,28). The van der Waals surface area contributed by atoms with Gasteiger partial charge in [0.05, 0.1) is 9.92 Å². The molecule has 1 aromatic heterocycles. The Morgan fingerprint density at radius 1 is 1.06 bits per heavy atom. The highest BCUT2D eigenvalue weighted by Gasteiger charge is 2.30. The van der Waals surface area contributed by atoms with E-state index < -0.39 is 10.0 Å². The van der Waals surface area contributed by atoms with Crippen LogP contribution >= 0.6 is 22.9 Å². The first-order valence-electron chi connectivity index (χ1n) is 10.1. The number of nitrogens with one attached hydrogen (secondary N) is 2. The molecule has 3 aromatic rings. The van der Waals surface area contributed by atoms with E-state index in [4.69, 9.17) is 11.6 Å². The Hall–Kier alpha value is -2.46. The van der Waals surface area contributed by atoms with Crippen LogP contribution in [0.15, 0.2) is 53.4 Å². The lowest BCUT2D eigenvalue weighted by Crippen LogP contribution is -2.46. The van der Waals surface area contributed by atoms with Gasteiger partial charge in [0.15, 0.2) is 0 Å². The molecule has 1 aliphatic rings. The molecule has 2 heterocycles. The van der Waals surface area contributed by atoms with Crippen molar-refractivity contribution < 1.29 is 18.0 Å². The first-order valence-corrected chi connectivity index (χ1v) is 12.7. The van der Waals surface area contributed by atoms with Gasteiger partial charge in [-0.3, -0.25) is 9.59 Å². The molecule has 0 bridgehead atoms. The Balaban J connectivity index is 1.38. The van der Waals surface area contributed by atoms with Gasteiger partial charge in [-0.05, 0) is 43.2 Å². The van der Waals surface area contributed by atoms with E-state index in [2.05, 4.69) is 10.6 Å². The molecule has 1 fully saturated rings. The van der Waals surface area contributed by atoms with Gasteiger partial charge in [-0.2, -0.15) is 4.31 Å². The van der Waals surface area contributed by atoms with Crippen LogP contribution in [-0.2, 0) is 14.8 Å². The number of rotatable bonds is 5. The van der Waals surface area contributed by atoms with Crippen LogP contribution in [0.2, 0.25) is 5.02 Å². The van der Waals surface area contributed by atoms with Crippen LogP contribution in [0.3, 0.4) is 0 Å². The van der Waals surface area contributed by atoms with Crippen molar-refractivity contribution in [3.05, 3.63) is 58.4 Å². The number of amides is 2. The summed E-state index contributed by atoms with van der Waals surface area (Å²) in [6, 6.07) is 13.6. The predicted octanol–water partition coefficient (Wildman–Crippen LogP) is 4.10. The summed E-state index contributed by atoms with van der Waals surface area (Å²) in [5, 5.41) is 6.92. The summed E-state index contributed by atoms with van der Waals surface area (Å²) >= 11 is 7.75. The number of anilines is 1. The van der Waals surface area contributed by atoms with E-state index in [1.165, 1.54) is 34.7 Å². The van der Waals surface area contributed by atoms with E-state index in [0.29, 0.717) is 41.5 Å². The number of carbonyl (C=O) groups excluding carboxylic acids is 2. The zero-order valence-corrected chi connectivity index (χ0v) is 19.7. The number of fused-ring (bicyclic) bond motifs is 1. The molecule has 0 unspecified atom stereocenters. The largest absolute Gasteiger partial charge is 0.348 e. The summed E-state index contributed by atoms with van der Waals surface area (Å²) in [5.74, 6) is -0.451. The molecule has 0 aliphatic carbocycles. The predicted molar refractivity (Wildman–Crippen MR) is 127 cm³/mol. The number of carbonyl (C=O) groups is 2. The number of hydrogen-bond acceptors (Lipinski definition) is 5. The molecule has 0 radical (unpaired) electrons. The van der Waals surface area contributed by atoms with Gasteiger partial charge in [-0.1, -0.05) is 29.8 Å². The highest BCUT2D eigenvalue weighted by molar-refractivity contribution is 7.89. The zero-order chi connectivity index (χ0) is 22.9. The number of piperidine rings is 1.